The van der Waals surface area contributed by atoms with Crippen LogP contribution < -0.4 is 4.90 Å². The molecule has 2 rings (SSSR count). The van der Waals surface area contributed by atoms with Crippen molar-refractivity contribution in [3.8, 4) is 0 Å². The first-order valence-corrected chi connectivity index (χ1v) is 6.27. The normalized spacial score (nSPS) is 18.6. The Balaban J connectivity index is 2.07. The summed E-state index contributed by atoms with van der Waals surface area (Å²) in [7, 11) is 0. The van der Waals surface area contributed by atoms with Gasteiger partial charge in [0.15, 0.2) is 0 Å². The molecule has 19 heavy (non-hydrogen) atoms. The SMILES string of the molecule is C=CCOC1CCN(c2ncc([N+](=O)[O-])cc2Cl)C1. The molecule has 1 aliphatic rings. The van der Waals surface area contributed by atoms with Crippen LogP contribution in [0.15, 0.2) is 24.9 Å². The summed E-state index contributed by atoms with van der Waals surface area (Å²) in [4.78, 5) is 16.2. The van der Waals surface area contributed by atoms with E-state index in [1.807, 2.05) is 4.90 Å². The molecule has 0 amide bonds. The highest BCUT2D eigenvalue weighted by atomic mass is 35.5. The van der Waals surface area contributed by atoms with Gasteiger partial charge in [0, 0.05) is 19.2 Å². The zero-order valence-electron chi connectivity index (χ0n) is 10.3. The number of nitrogens with zero attached hydrogens (tertiary/aromatic N) is 3. The predicted molar refractivity (Wildman–Crippen MR) is 72.7 cm³/mol. The number of aromatic nitrogens is 1. The first-order chi connectivity index (χ1) is 9.11. The highest BCUT2D eigenvalue weighted by Crippen LogP contribution is 2.29. The van der Waals surface area contributed by atoms with Crippen molar-refractivity contribution in [3.63, 3.8) is 0 Å². The number of pyridine rings is 1. The van der Waals surface area contributed by atoms with Crippen LogP contribution in [0, 0.1) is 10.1 Å². The number of anilines is 1. The zero-order valence-corrected chi connectivity index (χ0v) is 11.0. The number of hydrogen-bond donors (Lipinski definition) is 0. The molecule has 1 saturated heterocycles. The standard InChI is InChI=1S/C12H14ClN3O3/c1-2-5-19-10-3-4-15(8-10)12-11(13)6-9(7-14-12)16(17)18/h2,6-7,10H,1,3-5,8H2. The van der Waals surface area contributed by atoms with E-state index in [2.05, 4.69) is 11.6 Å². The third kappa shape index (κ3) is 3.21. The van der Waals surface area contributed by atoms with Crippen LogP contribution in [-0.4, -0.2) is 35.7 Å². The highest BCUT2D eigenvalue weighted by Gasteiger charge is 2.26. The lowest BCUT2D eigenvalue weighted by Crippen LogP contribution is -2.24. The van der Waals surface area contributed by atoms with Crippen LogP contribution >= 0.6 is 11.6 Å². The summed E-state index contributed by atoms with van der Waals surface area (Å²) >= 11 is 6.04. The Kier molecular flexibility index (Phi) is 4.34. The van der Waals surface area contributed by atoms with Gasteiger partial charge in [0.2, 0.25) is 0 Å². The molecule has 1 fully saturated rings. The summed E-state index contributed by atoms with van der Waals surface area (Å²) in [5.41, 5.74) is -0.104. The van der Waals surface area contributed by atoms with E-state index < -0.39 is 4.92 Å². The Morgan fingerprint density at radius 3 is 3.16 bits per heavy atom. The second-order valence-electron chi connectivity index (χ2n) is 4.23. The molecule has 7 heteroatoms. The molecule has 6 nitrogen and oxygen atoms in total. The maximum Gasteiger partial charge on any atom is 0.289 e. The molecule has 1 aliphatic heterocycles. The fraction of sp³-hybridized carbons (Fsp3) is 0.417. The van der Waals surface area contributed by atoms with Crippen LogP contribution in [0.2, 0.25) is 5.02 Å². The van der Waals surface area contributed by atoms with Crippen molar-refractivity contribution < 1.29 is 9.66 Å². The molecule has 0 aliphatic carbocycles. The minimum absolute atomic E-state index is 0.104. The largest absolute Gasteiger partial charge is 0.372 e. The summed E-state index contributed by atoms with van der Waals surface area (Å²) < 4.78 is 5.57. The van der Waals surface area contributed by atoms with Crippen molar-refractivity contribution in [1.29, 1.82) is 0 Å². The van der Waals surface area contributed by atoms with Crippen molar-refractivity contribution in [2.75, 3.05) is 24.6 Å². The summed E-state index contributed by atoms with van der Waals surface area (Å²) in [6.07, 6.45) is 3.92. The second kappa shape index (κ2) is 5.99. The molecule has 0 aromatic carbocycles. The molecule has 0 N–H and O–H groups in total. The van der Waals surface area contributed by atoms with Gasteiger partial charge in [0.1, 0.15) is 12.0 Å². The number of hydrogen-bond acceptors (Lipinski definition) is 5. The van der Waals surface area contributed by atoms with E-state index in [1.165, 1.54) is 12.3 Å². The van der Waals surface area contributed by atoms with Gasteiger partial charge in [-0.15, -0.1) is 6.58 Å². The number of rotatable bonds is 5. The average molecular weight is 284 g/mol. The van der Waals surface area contributed by atoms with E-state index in [0.717, 1.165) is 13.0 Å². The number of halogens is 1. The Morgan fingerprint density at radius 2 is 2.53 bits per heavy atom. The van der Waals surface area contributed by atoms with Gasteiger partial charge in [-0.25, -0.2) is 4.98 Å². The summed E-state index contributed by atoms with van der Waals surface area (Å²) in [5.74, 6) is 0.567. The quantitative estimate of drug-likeness (QED) is 0.471. The molecule has 1 aromatic rings. The van der Waals surface area contributed by atoms with E-state index in [-0.39, 0.29) is 11.8 Å². The molecule has 1 aromatic heterocycles. The van der Waals surface area contributed by atoms with Crippen LogP contribution in [0.3, 0.4) is 0 Å². The molecular formula is C12H14ClN3O3. The Hall–Kier alpha value is -1.66. The van der Waals surface area contributed by atoms with Crippen molar-refractivity contribution >= 4 is 23.1 Å². The van der Waals surface area contributed by atoms with Gasteiger partial charge in [0.05, 0.1) is 22.7 Å². The van der Waals surface area contributed by atoms with Gasteiger partial charge in [0.25, 0.3) is 5.69 Å². The predicted octanol–water partition coefficient (Wildman–Crippen LogP) is 2.42. The number of ether oxygens (including phenoxy) is 1. The van der Waals surface area contributed by atoms with Crippen LogP contribution in [-0.2, 0) is 4.74 Å². The van der Waals surface area contributed by atoms with Crippen LogP contribution in [0.5, 0.6) is 0 Å². The van der Waals surface area contributed by atoms with Gasteiger partial charge < -0.3 is 9.64 Å². The average Bonchev–Trinajstić information content (AvgIpc) is 2.84. The van der Waals surface area contributed by atoms with Gasteiger partial charge in [-0.1, -0.05) is 17.7 Å². The summed E-state index contributed by atoms with van der Waals surface area (Å²) in [6, 6.07) is 1.32. The second-order valence-corrected chi connectivity index (χ2v) is 4.64. The van der Waals surface area contributed by atoms with Gasteiger partial charge in [-0.05, 0) is 6.42 Å². The first kappa shape index (κ1) is 13.8. The molecule has 0 saturated carbocycles. The Morgan fingerprint density at radius 1 is 1.74 bits per heavy atom. The lowest BCUT2D eigenvalue weighted by Gasteiger charge is -2.18. The van der Waals surface area contributed by atoms with Crippen LogP contribution in [0.1, 0.15) is 6.42 Å². The molecule has 1 atom stereocenters. The first-order valence-electron chi connectivity index (χ1n) is 5.89. The third-order valence-electron chi connectivity index (χ3n) is 2.91. The maximum atomic E-state index is 10.6. The molecule has 0 spiro atoms. The van der Waals surface area contributed by atoms with E-state index in [4.69, 9.17) is 16.3 Å². The van der Waals surface area contributed by atoms with Crippen molar-refractivity contribution in [2.24, 2.45) is 0 Å². The van der Waals surface area contributed by atoms with Gasteiger partial charge in [-0.2, -0.15) is 0 Å². The van der Waals surface area contributed by atoms with E-state index >= 15 is 0 Å². The Bertz CT molecular complexity index is 495. The molecular weight excluding hydrogens is 270 g/mol. The maximum absolute atomic E-state index is 10.6. The lowest BCUT2D eigenvalue weighted by atomic mass is 10.3. The Labute approximate surface area is 115 Å². The van der Waals surface area contributed by atoms with E-state index in [9.17, 15) is 10.1 Å². The fourth-order valence-electron chi connectivity index (χ4n) is 2.01. The van der Waals surface area contributed by atoms with Crippen molar-refractivity contribution in [3.05, 3.63) is 40.1 Å². The summed E-state index contributed by atoms with van der Waals surface area (Å²) in [6.45, 7) is 5.57. The van der Waals surface area contributed by atoms with E-state index in [0.29, 0.717) is 24.0 Å². The zero-order chi connectivity index (χ0) is 13.8. The molecule has 102 valence electrons. The van der Waals surface area contributed by atoms with Gasteiger partial charge >= 0.3 is 0 Å². The van der Waals surface area contributed by atoms with Crippen LogP contribution in [0.4, 0.5) is 11.5 Å². The van der Waals surface area contributed by atoms with Crippen molar-refractivity contribution in [1.82, 2.24) is 4.98 Å². The molecule has 2 heterocycles. The molecule has 0 bridgehead atoms. The lowest BCUT2D eigenvalue weighted by molar-refractivity contribution is -0.385. The topological polar surface area (TPSA) is 68.5 Å². The van der Waals surface area contributed by atoms with Crippen LogP contribution in [0.25, 0.3) is 0 Å². The highest BCUT2D eigenvalue weighted by molar-refractivity contribution is 6.33. The third-order valence-corrected chi connectivity index (χ3v) is 3.19. The number of nitro groups is 1. The summed E-state index contributed by atoms with van der Waals surface area (Å²) in [5, 5.41) is 10.9. The van der Waals surface area contributed by atoms with Gasteiger partial charge in [-0.3, -0.25) is 10.1 Å². The minimum Gasteiger partial charge on any atom is -0.372 e. The van der Waals surface area contributed by atoms with E-state index in [1.54, 1.807) is 6.08 Å². The molecule has 0 radical (unpaired) electrons. The van der Waals surface area contributed by atoms with Crippen molar-refractivity contribution in [2.45, 2.75) is 12.5 Å². The fourth-order valence-corrected chi connectivity index (χ4v) is 2.29. The minimum atomic E-state index is -0.511. The molecule has 1 unspecified atom stereocenters. The smallest absolute Gasteiger partial charge is 0.289 e. The monoisotopic (exact) mass is 283 g/mol.